The molecule has 0 bridgehead atoms. The molecule has 0 aromatic heterocycles. The molecule has 0 heterocycles. The third-order valence-corrected chi connectivity index (χ3v) is 2.22. The van der Waals surface area contributed by atoms with Gasteiger partial charge in [0.05, 0.1) is 92.0 Å². The van der Waals surface area contributed by atoms with Gasteiger partial charge in [-0.3, -0.25) is 0 Å². The molecular formula is C15H34O9. The monoisotopic (exact) mass is 358 g/mol. The zero-order chi connectivity index (χ0) is 18.3. The van der Waals surface area contributed by atoms with Gasteiger partial charge in [0.1, 0.15) is 0 Å². The third kappa shape index (κ3) is 29.6. The molecule has 0 saturated carbocycles. The largest absolute Gasteiger partial charge is 0.394 e. The van der Waals surface area contributed by atoms with Gasteiger partial charge in [0.2, 0.25) is 0 Å². The second-order valence-corrected chi connectivity index (χ2v) is 4.54. The number of rotatable bonds is 17. The second kappa shape index (κ2) is 24.9. The van der Waals surface area contributed by atoms with Crippen LogP contribution in [0.1, 0.15) is 6.92 Å². The number of hydrogen-bond donors (Lipinski definition) is 4. The lowest BCUT2D eigenvalue weighted by atomic mass is 10.5. The topological polar surface area (TPSA) is 127 Å². The summed E-state index contributed by atoms with van der Waals surface area (Å²) >= 11 is 0. The van der Waals surface area contributed by atoms with Crippen LogP contribution in [0.5, 0.6) is 0 Å². The second-order valence-electron chi connectivity index (χ2n) is 4.54. The first-order valence-corrected chi connectivity index (χ1v) is 8.08. The summed E-state index contributed by atoms with van der Waals surface area (Å²) in [4.78, 5) is 0. The van der Waals surface area contributed by atoms with Crippen molar-refractivity contribution in [3.63, 3.8) is 0 Å². The predicted molar refractivity (Wildman–Crippen MR) is 87.0 cm³/mol. The van der Waals surface area contributed by atoms with Crippen LogP contribution in [0, 0.1) is 0 Å². The van der Waals surface area contributed by atoms with E-state index in [0.29, 0.717) is 66.1 Å². The summed E-state index contributed by atoms with van der Waals surface area (Å²) < 4.78 is 25.8. The van der Waals surface area contributed by atoms with Crippen molar-refractivity contribution in [2.75, 3.05) is 85.9 Å². The fraction of sp³-hybridized carbons (Fsp3) is 1.00. The first-order chi connectivity index (χ1) is 11.7. The van der Waals surface area contributed by atoms with Crippen LogP contribution < -0.4 is 0 Å². The molecule has 0 aliphatic carbocycles. The Labute approximate surface area is 144 Å². The summed E-state index contributed by atoms with van der Waals surface area (Å²) in [5, 5.41) is 32.9. The number of hydrogen-bond acceptors (Lipinski definition) is 9. The van der Waals surface area contributed by atoms with E-state index in [4.69, 9.17) is 44.1 Å². The molecule has 24 heavy (non-hydrogen) atoms. The van der Waals surface area contributed by atoms with Crippen LogP contribution >= 0.6 is 0 Å². The van der Waals surface area contributed by atoms with E-state index in [0.717, 1.165) is 0 Å². The smallest absolute Gasteiger partial charge is 0.0742 e. The average molecular weight is 358 g/mol. The molecule has 0 aliphatic heterocycles. The molecule has 9 nitrogen and oxygen atoms in total. The summed E-state index contributed by atoms with van der Waals surface area (Å²) in [6, 6.07) is 0. The highest BCUT2D eigenvalue weighted by Gasteiger charge is 1.92. The van der Waals surface area contributed by atoms with Crippen molar-refractivity contribution in [1.82, 2.24) is 0 Å². The van der Waals surface area contributed by atoms with E-state index in [1.54, 1.807) is 0 Å². The molecule has 0 fully saturated rings. The molecule has 1 unspecified atom stereocenters. The Morgan fingerprint density at radius 1 is 0.542 bits per heavy atom. The van der Waals surface area contributed by atoms with Crippen LogP contribution in [-0.2, 0) is 23.7 Å². The molecule has 9 heteroatoms. The van der Waals surface area contributed by atoms with Gasteiger partial charge in [0, 0.05) is 0 Å². The van der Waals surface area contributed by atoms with Crippen molar-refractivity contribution in [3.8, 4) is 0 Å². The van der Waals surface area contributed by atoms with E-state index < -0.39 is 6.10 Å². The zero-order valence-corrected chi connectivity index (χ0v) is 14.6. The molecule has 0 aromatic carbocycles. The van der Waals surface area contributed by atoms with Gasteiger partial charge in [-0.1, -0.05) is 0 Å². The van der Waals surface area contributed by atoms with E-state index in [-0.39, 0.29) is 19.8 Å². The van der Waals surface area contributed by atoms with Gasteiger partial charge >= 0.3 is 0 Å². The van der Waals surface area contributed by atoms with Gasteiger partial charge in [0.25, 0.3) is 0 Å². The summed E-state index contributed by atoms with van der Waals surface area (Å²) in [5.74, 6) is 0. The van der Waals surface area contributed by atoms with Gasteiger partial charge in [-0.25, -0.2) is 0 Å². The fourth-order valence-corrected chi connectivity index (χ4v) is 1.11. The van der Waals surface area contributed by atoms with Crippen LogP contribution in [0.25, 0.3) is 0 Å². The molecule has 1 atom stereocenters. The van der Waals surface area contributed by atoms with Crippen LogP contribution in [0.15, 0.2) is 0 Å². The maximum atomic E-state index is 8.45. The van der Waals surface area contributed by atoms with Crippen LogP contribution in [-0.4, -0.2) is 112 Å². The molecule has 0 rings (SSSR count). The van der Waals surface area contributed by atoms with Crippen molar-refractivity contribution in [2.24, 2.45) is 0 Å². The Bertz CT molecular complexity index is 189. The molecule has 148 valence electrons. The van der Waals surface area contributed by atoms with E-state index in [9.17, 15) is 0 Å². The highest BCUT2D eigenvalue weighted by atomic mass is 16.6. The van der Waals surface area contributed by atoms with Crippen molar-refractivity contribution >= 4 is 0 Å². The highest BCUT2D eigenvalue weighted by Crippen LogP contribution is 1.83. The van der Waals surface area contributed by atoms with Gasteiger partial charge in [-0.2, -0.15) is 0 Å². The molecule has 0 radical (unpaired) electrons. The predicted octanol–water partition coefficient (Wildman–Crippen LogP) is -1.59. The Morgan fingerprint density at radius 3 is 0.917 bits per heavy atom. The molecule has 0 saturated heterocycles. The third-order valence-electron chi connectivity index (χ3n) is 2.22. The molecule has 0 aliphatic rings. The van der Waals surface area contributed by atoms with Crippen molar-refractivity contribution < 1.29 is 44.1 Å². The van der Waals surface area contributed by atoms with Gasteiger partial charge in [-0.15, -0.1) is 0 Å². The van der Waals surface area contributed by atoms with Crippen molar-refractivity contribution in [1.29, 1.82) is 0 Å². The lowest BCUT2D eigenvalue weighted by Crippen LogP contribution is -2.14. The first kappa shape index (κ1) is 25.9. The lowest BCUT2D eigenvalue weighted by molar-refractivity contribution is -0.0151. The van der Waals surface area contributed by atoms with Crippen molar-refractivity contribution in [2.45, 2.75) is 13.0 Å². The minimum atomic E-state index is -0.560. The van der Waals surface area contributed by atoms with Crippen molar-refractivity contribution in [3.05, 3.63) is 0 Å². The molecule has 0 amide bonds. The Morgan fingerprint density at radius 2 is 0.750 bits per heavy atom. The quantitative estimate of drug-likeness (QED) is 0.228. The Hall–Kier alpha value is -0.360. The van der Waals surface area contributed by atoms with Crippen LogP contribution in [0.2, 0.25) is 0 Å². The maximum absolute atomic E-state index is 8.45. The number of ether oxygens (including phenoxy) is 5. The van der Waals surface area contributed by atoms with Gasteiger partial charge < -0.3 is 44.1 Å². The molecule has 0 aromatic rings. The van der Waals surface area contributed by atoms with E-state index in [1.807, 2.05) is 0 Å². The average Bonchev–Trinajstić information content (AvgIpc) is 2.59. The minimum Gasteiger partial charge on any atom is -0.394 e. The summed E-state index contributed by atoms with van der Waals surface area (Å²) in [6.45, 7) is 6.19. The lowest BCUT2D eigenvalue weighted by Gasteiger charge is -2.07. The fourth-order valence-electron chi connectivity index (χ4n) is 1.11. The summed E-state index contributed by atoms with van der Waals surface area (Å²) in [7, 11) is 0. The number of aliphatic hydroxyl groups is 4. The van der Waals surface area contributed by atoms with Crippen LogP contribution in [0.3, 0.4) is 0 Å². The molecule has 4 N–H and O–H groups in total. The zero-order valence-electron chi connectivity index (χ0n) is 14.6. The Kier molecular flexibility index (Phi) is 26.8. The normalized spacial score (nSPS) is 11.9. The van der Waals surface area contributed by atoms with Crippen LogP contribution in [0.4, 0.5) is 0 Å². The maximum Gasteiger partial charge on any atom is 0.0742 e. The number of aliphatic hydroxyl groups excluding tert-OH is 4. The molecule has 0 spiro atoms. The van der Waals surface area contributed by atoms with E-state index in [2.05, 4.69) is 0 Å². The standard InChI is InChI=1S/C12H26O7.C3H8O2/c13-1-3-15-5-7-17-9-11-19-12-10-18-8-6-16-4-2-14;1-3(5)2-4/h13-14H,1-12H2;3-5H,2H2,1H3. The SMILES string of the molecule is CC(O)CO.OCCOCCOCCOCCOCCOCCO. The summed E-state index contributed by atoms with van der Waals surface area (Å²) in [5.41, 5.74) is 0. The first-order valence-electron chi connectivity index (χ1n) is 8.08. The Balaban J connectivity index is 0. The molecular weight excluding hydrogens is 324 g/mol. The highest BCUT2D eigenvalue weighted by molar-refractivity contribution is 4.36. The van der Waals surface area contributed by atoms with E-state index in [1.165, 1.54) is 6.92 Å². The van der Waals surface area contributed by atoms with E-state index >= 15 is 0 Å². The van der Waals surface area contributed by atoms with Gasteiger partial charge in [-0.05, 0) is 6.92 Å². The van der Waals surface area contributed by atoms with Gasteiger partial charge in [0.15, 0.2) is 0 Å². The summed E-state index contributed by atoms with van der Waals surface area (Å²) in [6.07, 6.45) is -0.560. The minimum absolute atomic E-state index is 0.0359.